The van der Waals surface area contributed by atoms with Gasteiger partial charge in [0, 0.05) is 30.1 Å². The van der Waals surface area contributed by atoms with Gasteiger partial charge in [-0.15, -0.1) is 11.3 Å². The van der Waals surface area contributed by atoms with Crippen LogP contribution in [0.3, 0.4) is 0 Å². The summed E-state index contributed by atoms with van der Waals surface area (Å²) in [5.41, 5.74) is 4.25. The summed E-state index contributed by atoms with van der Waals surface area (Å²) in [7, 11) is 0. The van der Waals surface area contributed by atoms with E-state index >= 15 is 0 Å². The third-order valence-electron chi connectivity index (χ3n) is 4.37. The molecule has 6 nitrogen and oxygen atoms in total. The zero-order chi connectivity index (χ0) is 19.7. The predicted octanol–water partition coefficient (Wildman–Crippen LogP) is 3.13. The summed E-state index contributed by atoms with van der Waals surface area (Å²) in [6, 6.07) is 1.55. The molecule has 10 heteroatoms. The van der Waals surface area contributed by atoms with E-state index in [4.69, 9.17) is 0 Å². The molecule has 28 heavy (non-hydrogen) atoms. The van der Waals surface area contributed by atoms with E-state index in [9.17, 15) is 18.0 Å². The quantitative estimate of drug-likeness (QED) is 0.697. The summed E-state index contributed by atoms with van der Waals surface area (Å²) >= 11 is 1.08. The van der Waals surface area contributed by atoms with Crippen LogP contribution in [0.15, 0.2) is 36.1 Å². The van der Waals surface area contributed by atoms with E-state index < -0.39 is 18.6 Å². The lowest BCUT2D eigenvalue weighted by atomic mass is 10.0. The van der Waals surface area contributed by atoms with Gasteiger partial charge in [-0.2, -0.15) is 18.3 Å². The van der Waals surface area contributed by atoms with Gasteiger partial charge in [-0.1, -0.05) is 6.08 Å². The van der Waals surface area contributed by atoms with Crippen molar-refractivity contribution < 1.29 is 18.0 Å². The first-order chi connectivity index (χ1) is 13.4. The fraction of sp³-hybridized carbons (Fsp3) is 0.278. The molecule has 1 aliphatic rings. The van der Waals surface area contributed by atoms with Crippen LogP contribution in [0.25, 0.3) is 22.3 Å². The van der Waals surface area contributed by atoms with Crippen molar-refractivity contribution in [3.63, 3.8) is 0 Å². The second-order valence-electron chi connectivity index (χ2n) is 6.35. The molecule has 4 heterocycles. The second kappa shape index (κ2) is 7.36. The lowest BCUT2D eigenvalue weighted by molar-refractivity contribution is -0.123. The van der Waals surface area contributed by atoms with Crippen molar-refractivity contribution in [2.24, 2.45) is 0 Å². The molecule has 1 aliphatic heterocycles. The number of hydrogen-bond donors (Lipinski definition) is 2. The Morgan fingerprint density at radius 2 is 2.18 bits per heavy atom. The van der Waals surface area contributed by atoms with Gasteiger partial charge in [0.2, 0.25) is 0 Å². The van der Waals surface area contributed by atoms with Crippen LogP contribution < -0.4 is 10.6 Å². The molecular weight excluding hydrogens is 391 g/mol. The third kappa shape index (κ3) is 3.92. The van der Waals surface area contributed by atoms with Crippen LogP contribution in [0.2, 0.25) is 0 Å². The molecule has 0 saturated carbocycles. The van der Waals surface area contributed by atoms with E-state index in [0.717, 1.165) is 42.0 Å². The molecule has 146 valence electrons. The third-order valence-corrected chi connectivity index (χ3v) is 5.30. The number of aromatic nitrogens is 3. The van der Waals surface area contributed by atoms with Crippen molar-refractivity contribution in [1.82, 2.24) is 25.2 Å². The number of rotatable bonds is 4. The van der Waals surface area contributed by atoms with E-state index in [1.165, 1.54) is 5.57 Å². The largest absolute Gasteiger partial charge is 0.405 e. The van der Waals surface area contributed by atoms with E-state index in [-0.39, 0.29) is 4.88 Å². The molecule has 0 bridgehead atoms. The SMILES string of the molecule is O=C(NCC(F)(F)F)c1cc(-c2cnn3cc(C4=CCNCC4)cnc23)cs1. The van der Waals surface area contributed by atoms with Crippen molar-refractivity contribution in [3.05, 3.63) is 46.6 Å². The van der Waals surface area contributed by atoms with Crippen LogP contribution in [0.1, 0.15) is 21.7 Å². The van der Waals surface area contributed by atoms with Gasteiger partial charge in [0.15, 0.2) is 5.65 Å². The topological polar surface area (TPSA) is 71.3 Å². The molecule has 0 atom stereocenters. The van der Waals surface area contributed by atoms with Gasteiger partial charge in [0.25, 0.3) is 5.91 Å². The molecule has 0 aromatic carbocycles. The van der Waals surface area contributed by atoms with Crippen LogP contribution in [0, 0.1) is 0 Å². The van der Waals surface area contributed by atoms with Crippen molar-refractivity contribution in [3.8, 4) is 11.1 Å². The summed E-state index contributed by atoms with van der Waals surface area (Å²) in [4.78, 5) is 16.6. The normalized spacial score (nSPS) is 14.9. The van der Waals surface area contributed by atoms with E-state index in [2.05, 4.69) is 21.5 Å². The molecule has 0 radical (unpaired) electrons. The molecule has 0 unspecified atom stereocenters. The fourth-order valence-electron chi connectivity index (χ4n) is 2.99. The zero-order valence-corrected chi connectivity index (χ0v) is 15.4. The van der Waals surface area contributed by atoms with E-state index in [1.54, 1.807) is 28.4 Å². The summed E-state index contributed by atoms with van der Waals surface area (Å²) in [5, 5.41) is 11.2. The summed E-state index contributed by atoms with van der Waals surface area (Å²) < 4.78 is 38.5. The number of nitrogens with zero attached hydrogens (tertiary/aromatic N) is 3. The van der Waals surface area contributed by atoms with Crippen molar-refractivity contribution in [2.45, 2.75) is 12.6 Å². The molecule has 4 rings (SSSR count). The predicted molar refractivity (Wildman–Crippen MR) is 100 cm³/mol. The number of amides is 1. The highest BCUT2D eigenvalue weighted by molar-refractivity contribution is 7.12. The molecular formula is C18H16F3N5OS. The summed E-state index contributed by atoms with van der Waals surface area (Å²) in [6.45, 7) is 0.388. The number of halogens is 3. The zero-order valence-electron chi connectivity index (χ0n) is 14.6. The van der Waals surface area contributed by atoms with Crippen molar-refractivity contribution in [2.75, 3.05) is 19.6 Å². The Labute approximate surface area is 162 Å². The average molecular weight is 407 g/mol. The maximum absolute atomic E-state index is 12.3. The Bertz CT molecular complexity index is 1050. The minimum Gasteiger partial charge on any atom is -0.342 e. The Balaban J connectivity index is 1.57. The Kier molecular flexibility index (Phi) is 4.90. The van der Waals surface area contributed by atoms with Gasteiger partial charge in [0.1, 0.15) is 6.54 Å². The number of thiophene rings is 1. The monoisotopic (exact) mass is 407 g/mol. The molecule has 0 saturated heterocycles. The van der Waals surface area contributed by atoms with Gasteiger partial charge in [0.05, 0.1) is 11.1 Å². The Morgan fingerprint density at radius 1 is 1.32 bits per heavy atom. The first-order valence-corrected chi connectivity index (χ1v) is 9.46. The first-order valence-electron chi connectivity index (χ1n) is 8.58. The minimum atomic E-state index is -4.44. The minimum absolute atomic E-state index is 0.204. The van der Waals surface area contributed by atoms with Crippen LogP contribution in [0.5, 0.6) is 0 Å². The molecule has 3 aromatic heterocycles. The number of carbonyl (C=O) groups is 1. The maximum atomic E-state index is 12.3. The van der Waals surface area contributed by atoms with Crippen LogP contribution in [-0.2, 0) is 0 Å². The van der Waals surface area contributed by atoms with Crippen LogP contribution >= 0.6 is 11.3 Å². The van der Waals surface area contributed by atoms with Crippen molar-refractivity contribution >= 4 is 28.5 Å². The summed E-state index contributed by atoms with van der Waals surface area (Å²) in [5.74, 6) is -0.752. The number of hydrogen-bond acceptors (Lipinski definition) is 5. The number of alkyl halides is 3. The first kappa shape index (κ1) is 18.6. The highest BCUT2D eigenvalue weighted by Crippen LogP contribution is 2.29. The molecule has 0 aliphatic carbocycles. The lowest BCUT2D eigenvalue weighted by Gasteiger charge is -2.13. The fourth-order valence-corrected chi connectivity index (χ4v) is 3.82. The maximum Gasteiger partial charge on any atom is 0.405 e. The number of nitrogens with one attached hydrogen (secondary N) is 2. The standard InChI is InChI=1S/C18H16F3N5OS/c19-18(20,21)10-24-17(27)15-5-12(9-28-15)14-7-25-26-8-13(6-23-16(14)26)11-1-3-22-4-2-11/h1,5-9,22H,2-4,10H2,(H,24,27). The highest BCUT2D eigenvalue weighted by atomic mass is 32.1. The molecule has 3 aromatic rings. The highest BCUT2D eigenvalue weighted by Gasteiger charge is 2.28. The Hall–Kier alpha value is -2.72. The molecule has 0 fully saturated rings. The lowest BCUT2D eigenvalue weighted by Crippen LogP contribution is -2.33. The van der Waals surface area contributed by atoms with Gasteiger partial charge in [-0.05, 0) is 35.5 Å². The van der Waals surface area contributed by atoms with Crippen LogP contribution in [-0.4, -0.2) is 46.3 Å². The number of carbonyl (C=O) groups excluding carboxylic acids is 1. The average Bonchev–Trinajstić information content (AvgIpc) is 3.32. The van der Waals surface area contributed by atoms with Crippen LogP contribution in [0.4, 0.5) is 13.2 Å². The Morgan fingerprint density at radius 3 is 2.93 bits per heavy atom. The second-order valence-corrected chi connectivity index (χ2v) is 7.26. The van der Waals surface area contributed by atoms with Gasteiger partial charge in [-0.25, -0.2) is 9.50 Å². The van der Waals surface area contributed by atoms with Gasteiger partial charge < -0.3 is 10.6 Å². The smallest absolute Gasteiger partial charge is 0.342 e. The molecule has 1 amide bonds. The summed E-state index contributed by atoms with van der Waals surface area (Å²) in [6.07, 6.45) is 3.95. The van der Waals surface area contributed by atoms with Gasteiger partial charge >= 0.3 is 6.18 Å². The van der Waals surface area contributed by atoms with Crippen molar-refractivity contribution in [1.29, 1.82) is 0 Å². The van der Waals surface area contributed by atoms with Gasteiger partial charge in [-0.3, -0.25) is 4.79 Å². The molecule has 2 N–H and O–H groups in total. The van der Waals surface area contributed by atoms with E-state index in [0.29, 0.717) is 11.2 Å². The molecule has 0 spiro atoms. The number of fused-ring (bicyclic) bond motifs is 1. The van der Waals surface area contributed by atoms with E-state index in [1.807, 2.05) is 11.5 Å².